The number of fused-ring (bicyclic) bond motifs is 1. The lowest BCUT2D eigenvalue weighted by Crippen LogP contribution is -2.39. The molecule has 9 heteroatoms. The first-order valence-corrected chi connectivity index (χ1v) is 9.77. The number of halogens is 3. The van der Waals surface area contributed by atoms with Gasteiger partial charge in [-0.2, -0.15) is 18.4 Å². The standard InChI is InChI=1S/C19H18F3N3O2S/c20-19(21,22)12-25(10-15-5-3-7-27-15)17(26)11-28-18-14(9-23)8-13-4-1-2-6-16(13)24-18/h3,5,7-8H,1-2,4,6,10-12H2. The topological polar surface area (TPSA) is 70.1 Å². The fraction of sp³-hybridized carbons (Fsp3) is 0.421. The third-order valence-corrected chi connectivity index (χ3v) is 5.34. The van der Waals surface area contributed by atoms with Crippen LogP contribution in [0.5, 0.6) is 0 Å². The molecule has 1 aliphatic rings. The van der Waals surface area contributed by atoms with Crippen LogP contribution in [-0.4, -0.2) is 34.3 Å². The number of carbonyl (C=O) groups is 1. The summed E-state index contributed by atoms with van der Waals surface area (Å²) in [5, 5.41) is 9.75. The average molecular weight is 409 g/mol. The van der Waals surface area contributed by atoms with Gasteiger partial charge in [-0.15, -0.1) is 0 Å². The van der Waals surface area contributed by atoms with Gasteiger partial charge in [0.15, 0.2) is 0 Å². The first-order valence-electron chi connectivity index (χ1n) is 8.78. The van der Waals surface area contributed by atoms with Crippen molar-refractivity contribution in [3.05, 3.63) is 47.0 Å². The van der Waals surface area contributed by atoms with E-state index in [9.17, 15) is 23.2 Å². The van der Waals surface area contributed by atoms with Gasteiger partial charge in [-0.25, -0.2) is 4.98 Å². The van der Waals surface area contributed by atoms with Crippen LogP contribution in [0.1, 0.15) is 35.4 Å². The second kappa shape index (κ2) is 8.69. The third kappa shape index (κ3) is 5.29. The summed E-state index contributed by atoms with van der Waals surface area (Å²) in [4.78, 5) is 17.7. The van der Waals surface area contributed by atoms with E-state index in [0.29, 0.717) is 15.5 Å². The SMILES string of the molecule is N#Cc1cc2c(nc1SCC(=O)N(Cc1ccco1)CC(F)(F)F)CCCC2. The van der Waals surface area contributed by atoms with E-state index in [1.54, 1.807) is 12.1 Å². The van der Waals surface area contributed by atoms with Crippen LogP contribution >= 0.6 is 11.8 Å². The molecule has 0 N–H and O–H groups in total. The number of nitrogens with zero attached hydrogens (tertiary/aromatic N) is 3. The van der Waals surface area contributed by atoms with Gasteiger partial charge in [0.05, 0.1) is 24.1 Å². The molecule has 0 saturated heterocycles. The molecular formula is C19H18F3N3O2S. The highest BCUT2D eigenvalue weighted by molar-refractivity contribution is 7.99. The number of aryl methyl sites for hydroxylation is 2. The van der Waals surface area contributed by atoms with Gasteiger partial charge in [-0.1, -0.05) is 11.8 Å². The molecule has 0 aromatic carbocycles. The molecule has 2 aromatic heterocycles. The molecule has 0 unspecified atom stereocenters. The summed E-state index contributed by atoms with van der Waals surface area (Å²) in [7, 11) is 0. The van der Waals surface area contributed by atoms with Gasteiger partial charge in [0.2, 0.25) is 5.91 Å². The molecule has 0 bridgehead atoms. The molecule has 0 radical (unpaired) electrons. The molecule has 148 valence electrons. The Morgan fingerprint density at radius 2 is 2.14 bits per heavy atom. The zero-order valence-corrected chi connectivity index (χ0v) is 15.8. The van der Waals surface area contributed by atoms with Crippen LogP contribution in [0.25, 0.3) is 0 Å². The van der Waals surface area contributed by atoms with Crippen LogP contribution in [0.15, 0.2) is 33.9 Å². The molecule has 0 aliphatic heterocycles. The normalized spacial score (nSPS) is 13.6. The lowest BCUT2D eigenvalue weighted by atomic mass is 9.95. The van der Waals surface area contributed by atoms with E-state index in [2.05, 4.69) is 11.1 Å². The number of hydrogen-bond donors (Lipinski definition) is 0. The Balaban J connectivity index is 1.72. The fourth-order valence-corrected chi connectivity index (χ4v) is 3.94. The minimum atomic E-state index is -4.52. The average Bonchev–Trinajstić information content (AvgIpc) is 3.16. The van der Waals surface area contributed by atoms with Crippen LogP contribution in [0.2, 0.25) is 0 Å². The second-order valence-electron chi connectivity index (χ2n) is 6.50. The third-order valence-electron chi connectivity index (χ3n) is 4.37. The highest BCUT2D eigenvalue weighted by Crippen LogP contribution is 2.28. The van der Waals surface area contributed by atoms with E-state index in [-0.39, 0.29) is 18.1 Å². The molecule has 0 spiro atoms. The predicted octanol–water partition coefficient (Wildman–Crippen LogP) is 4.11. The van der Waals surface area contributed by atoms with Crippen LogP contribution in [-0.2, 0) is 24.2 Å². The van der Waals surface area contributed by atoms with Crippen LogP contribution < -0.4 is 0 Å². The molecule has 0 atom stereocenters. The van der Waals surface area contributed by atoms with Crippen molar-refractivity contribution in [2.45, 2.75) is 43.4 Å². The summed E-state index contributed by atoms with van der Waals surface area (Å²) in [6, 6.07) is 6.92. The molecule has 1 amide bonds. The van der Waals surface area contributed by atoms with Gasteiger partial charge in [0.25, 0.3) is 0 Å². The minimum absolute atomic E-state index is 0.239. The van der Waals surface area contributed by atoms with Crippen molar-refractivity contribution in [1.29, 1.82) is 5.26 Å². The maximum absolute atomic E-state index is 12.9. The molecular weight excluding hydrogens is 391 g/mol. The zero-order valence-electron chi connectivity index (χ0n) is 15.0. The van der Waals surface area contributed by atoms with Crippen LogP contribution in [0, 0.1) is 11.3 Å². The van der Waals surface area contributed by atoms with Crippen molar-refractivity contribution in [1.82, 2.24) is 9.88 Å². The Kier molecular flexibility index (Phi) is 6.29. The zero-order chi connectivity index (χ0) is 20.1. The number of carbonyl (C=O) groups excluding carboxylic acids is 1. The molecule has 2 aromatic rings. The number of nitriles is 1. The van der Waals surface area contributed by atoms with Crippen molar-refractivity contribution in [2.24, 2.45) is 0 Å². The highest BCUT2D eigenvalue weighted by atomic mass is 32.2. The van der Waals surface area contributed by atoms with E-state index in [1.807, 2.05) is 0 Å². The largest absolute Gasteiger partial charge is 0.467 e. The molecule has 0 fully saturated rings. The van der Waals surface area contributed by atoms with Crippen LogP contribution in [0.3, 0.4) is 0 Å². The van der Waals surface area contributed by atoms with Gasteiger partial charge >= 0.3 is 6.18 Å². The molecule has 0 saturated carbocycles. The van der Waals surface area contributed by atoms with Crippen molar-refractivity contribution < 1.29 is 22.4 Å². The Morgan fingerprint density at radius 3 is 2.82 bits per heavy atom. The smallest absolute Gasteiger partial charge is 0.406 e. The number of hydrogen-bond acceptors (Lipinski definition) is 5. The van der Waals surface area contributed by atoms with E-state index in [0.717, 1.165) is 48.7 Å². The number of alkyl halides is 3. The highest BCUT2D eigenvalue weighted by Gasteiger charge is 2.33. The van der Waals surface area contributed by atoms with Gasteiger partial charge in [-0.3, -0.25) is 4.79 Å². The summed E-state index contributed by atoms with van der Waals surface area (Å²) >= 11 is 0.997. The van der Waals surface area contributed by atoms with E-state index >= 15 is 0 Å². The van der Waals surface area contributed by atoms with Gasteiger partial charge < -0.3 is 9.32 Å². The Bertz CT molecular complexity index is 876. The van der Waals surface area contributed by atoms with Crippen molar-refractivity contribution in [2.75, 3.05) is 12.3 Å². The predicted molar refractivity (Wildman–Crippen MR) is 96.5 cm³/mol. The summed E-state index contributed by atoms with van der Waals surface area (Å²) in [6.45, 7) is -1.63. The molecule has 2 heterocycles. The van der Waals surface area contributed by atoms with E-state index in [1.165, 1.54) is 12.3 Å². The molecule has 3 rings (SSSR count). The molecule has 1 aliphatic carbocycles. The summed E-state index contributed by atoms with van der Waals surface area (Å²) in [5.74, 6) is -0.661. The number of pyridine rings is 1. The Labute approximate surface area is 164 Å². The van der Waals surface area contributed by atoms with Crippen molar-refractivity contribution >= 4 is 17.7 Å². The lowest BCUT2D eigenvalue weighted by molar-refractivity contribution is -0.161. The maximum Gasteiger partial charge on any atom is 0.406 e. The second-order valence-corrected chi connectivity index (χ2v) is 7.46. The maximum atomic E-state index is 12.9. The Hall–Kier alpha value is -2.47. The van der Waals surface area contributed by atoms with Gasteiger partial charge in [0.1, 0.15) is 23.4 Å². The first-order chi connectivity index (χ1) is 13.4. The number of amides is 1. The van der Waals surface area contributed by atoms with Crippen molar-refractivity contribution in [3.8, 4) is 6.07 Å². The van der Waals surface area contributed by atoms with Gasteiger partial charge in [-0.05, 0) is 49.4 Å². The quantitative estimate of drug-likeness (QED) is 0.672. The van der Waals surface area contributed by atoms with E-state index in [4.69, 9.17) is 4.42 Å². The number of thioether (sulfide) groups is 1. The number of furan rings is 1. The van der Waals surface area contributed by atoms with Crippen molar-refractivity contribution in [3.63, 3.8) is 0 Å². The van der Waals surface area contributed by atoms with Crippen LogP contribution in [0.4, 0.5) is 13.2 Å². The lowest BCUT2D eigenvalue weighted by Gasteiger charge is -2.23. The first kappa shape index (κ1) is 20.3. The monoisotopic (exact) mass is 409 g/mol. The summed E-state index contributed by atoms with van der Waals surface area (Å²) in [5.41, 5.74) is 2.30. The van der Waals surface area contributed by atoms with Gasteiger partial charge in [0, 0.05) is 5.69 Å². The summed E-state index contributed by atoms with van der Waals surface area (Å²) < 4.78 is 43.7. The van der Waals surface area contributed by atoms with E-state index < -0.39 is 18.6 Å². The number of aromatic nitrogens is 1. The fourth-order valence-electron chi connectivity index (χ4n) is 3.07. The molecule has 28 heavy (non-hydrogen) atoms. The minimum Gasteiger partial charge on any atom is -0.467 e. The molecule has 5 nitrogen and oxygen atoms in total. The number of rotatable bonds is 6. The Morgan fingerprint density at radius 1 is 1.36 bits per heavy atom. The summed E-state index contributed by atoms with van der Waals surface area (Å²) in [6.07, 6.45) is 0.553.